The summed E-state index contributed by atoms with van der Waals surface area (Å²) in [5, 5.41) is 0. The van der Waals surface area contributed by atoms with Crippen molar-refractivity contribution in [3.8, 4) is 11.6 Å². The van der Waals surface area contributed by atoms with Crippen molar-refractivity contribution in [1.29, 1.82) is 0 Å². The lowest BCUT2D eigenvalue weighted by atomic mass is 9.99. The lowest BCUT2D eigenvalue weighted by molar-refractivity contribution is 0.485. The maximum Gasteiger partial charge on any atom is 0.245 e. The summed E-state index contributed by atoms with van der Waals surface area (Å²) in [4.78, 5) is 20.2. The highest BCUT2D eigenvalue weighted by Crippen LogP contribution is 2.32. The van der Waals surface area contributed by atoms with Crippen molar-refractivity contribution < 1.29 is 4.42 Å². The monoisotopic (exact) mass is 346 g/mol. The van der Waals surface area contributed by atoms with Crippen molar-refractivity contribution in [3.63, 3.8) is 0 Å². The zero-order valence-corrected chi connectivity index (χ0v) is 14.6. The average molecular weight is 346 g/mol. The lowest BCUT2D eigenvalue weighted by Crippen LogP contribution is -2.46. The maximum absolute atomic E-state index is 5.37. The maximum atomic E-state index is 5.37. The Morgan fingerprint density at radius 2 is 1.96 bits per heavy atom. The molecule has 0 N–H and O–H groups in total. The summed E-state index contributed by atoms with van der Waals surface area (Å²) in [6.07, 6.45) is 3.18. The molecule has 1 fully saturated rings. The molecule has 1 aliphatic heterocycles. The fourth-order valence-electron chi connectivity index (χ4n) is 3.53. The van der Waals surface area contributed by atoms with Crippen LogP contribution < -0.4 is 4.90 Å². The van der Waals surface area contributed by atoms with Crippen molar-refractivity contribution in [2.75, 3.05) is 18.0 Å². The van der Waals surface area contributed by atoms with E-state index in [1.54, 1.807) is 12.5 Å². The van der Waals surface area contributed by atoms with Gasteiger partial charge in [0.15, 0.2) is 0 Å². The SMILES string of the molecule is Cc1nc(-c2ncco2)cc(N2CC(c3nc4ccccc4n3C)C2)n1. The van der Waals surface area contributed by atoms with E-state index in [0.717, 1.165) is 30.2 Å². The average Bonchev–Trinajstić information content (AvgIpc) is 3.23. The van der Waals surface area contributed by atoms with Crippen LogP contribution in [0.25, 0.3) is 22.6 Å². The van der Waals surface area contributed by atoms with Gasteiger partial charge in [-0.25, -0.2) is 19.9 Å². The van der Waals surface area contributed by atoms with E-state index in [1.165, 1.54) is 5.52 Å². The van der Waals surface area contributed by atoms with E-state index in [9.17, 15) is 0 Å². The fraction of sp³-hybridized carbons (Fsp3) is 0.263. The Morgan fingerprint density at radius 1 is 1.12 bits per heavy atom. The quantitative estimate of drug-likeness (QED) is 0.568. The molecular weight excluding hydrogens is 328 g/mol. The fourth-order valence-corrected chi connectivity index (χ4v) is 3.53. The first-order chi connectivity index (χ1) is 12.7. The number of fused-ring (bicyclic) bond motifs is 1. The van der Waals surface area contributed by atoms with Gasteiger partial charge in [0.05, 0.1) is 23.1 Å². The molecule has 1 aliphatic rings. The standard InChI is InChI=1S/C19H18N6O/c1-12-21-15(19-20-7-8-26-19)9-17(22-12)25-10-13(11-25)18-23-14-5-3-4-6-16(14)24(18)2/h3-9,13H,10-11H2,1-2H3. The summed E-state index contributed by atoms with van der Waals surface area (Å²) in [6, 6.07) is 10.2. The van der Waals surface area contributed by atoms with Crippen molar-refractivity contribution in [3.05, 3.63) is 54.4 Å². The number of rotatable bonds is 3. The molecule has 7 nitrogen and oxygen atoms in total. The highest BCUT2D eigenvalue weighted by atomic mass is 16.3. The third-order valence-corrected chi connectivity index (χ3v) is 4.87. The molecule has 5 rings (SSSR count). The molecule has 0 aliphatic carbocycles. The summed E-state index contributed by atoms with van der Waals surface area (Å²) in [7, 11) is 2.09. The summed E-state index contributed by atoms with van der Waals surface area (Å²) in [6.45, 7) is 3.66. The molecule has 3 aromatic heterocycles. The van der Waals surface area contributed by atoms with Crippen LogP contribution >= 0.6 is 0 Å². The van der Waals surface area contributed by atoms with Gasteiger partial charge in [-0.1, -0.05) is 12.1 Å². The van der Waals surface area contributed by atoms with Gasteiger partial charge in [0, 0.05) is 26.2 Å². The van der Waals surface area contributed by atoms with E-state index >= 15 is 0 Å². The molecule has 4 aromatic rings. The van der Waals surface area contributed by atoms with Crippen LogP contribution in [0, 0.1) is 6.92 Å². The Labute approximate surface area is 150 Å². The minimum atomic E-state index is 0.396. The molecule has 7 heteroatoms. The van der Waals surface area contributed by atoms with E-state index in [4.69, 9.17) is 9.40 Å². The summed E-state index contributed by atoms with van der Waals surface area (Å²) >= 11 is 0. The van der Waals surface area contributed by atoms with Crippen LogP contribution in [0.5, 0.6) is 0 Å². The lowest BCUT2D eigenvalue weighted by Gasteiger charge is -2.39. The van der Waals surface area contributed by atoms with Gasteiger partial charge >= 0.3 is 0 Å². The number of hydrogen-bond donors (Lipinski definition) is 0. The third kappa shape index (κ3) is 2.35. The molecule has 26 heavy (non-hydrogen) atoms. The summed E-state index contributed by atoms with van der Waals surface area (Å²) < 4.78 is 7.56. The van der Waals surface area contributed by atoms with Gasteiger partial charge in [-0.2, -0.15) is 0 Å². The second kappa shape index (κ2) is 5.66. The van der Waals surface area contributed by atoms with Crippen LogP contribution in [-0.2, 0) is 7.05 Å². The smallest absolute Gasteiger partial charge is 0.245 e. The molecule has 0 bridgehead atoms. The number of anilines is 1. The Kier molecular flexibility index (Phi) is 3.28. The minimum Gasteiger partial charge on any atom is -0.443 e. The second-order valence-electron chi connectivity index (χ2n) is 6.62. The molecule has 1 saturated heterocycles. The number of benzene rings is 1. The summed E-state index contributed by atoms with van der Waals surface area (Å²) in [5.41, 5.74) is 2.93. The Balaban J connectivity index is 1.40. The molecule has 0 radical (unpaired) electrons. The predicted octanol–water partition coefficient (Wildman–Crippen LogP) is 2.93. The van der Waals surface area contributed by atoms with Crippen LogP contribution in [0.1, 0.15) is 17.6 Å². The van der Waals surface area contributed by atoms with E-state index in [2.05, 4.69) is 49.7 Å². The number of nitrogens with zero attached hydrogens (tertiary/aromatic N) is 6. The summed E-state index contributed by atoms with van der Waals surface area (Å²) in [5.74, 6) is 3.65. The molecule has 4 heterocycles. The van der Waals surface area contributed by atoms with Crippen molar-refractivity contribution in [2.45, 2.75) is 12.8 Å². The zero-order chi connectivity index (χ0) is 17.7. The van der Waals surface area contributed by atoms with E-state index in [1.807, 2.05) is 19.1 Å². The number of hydrogen-bond acceptors (Lipinski definition) is 6. The van der Waals surface area contributed by atoms with Gasteiger partial charge in [0.25, 0.3) is 0 Å². The van der Waals surface area contributed by atoms with E-state index < -0.39 is 0 Å². The molecular formula is C19H18N6O. The number of aromatic nitrogens is 5. The van der Waals surface area contributed by atoms with Gasteiger partial charge < -0.3 is 13.9 Å². The topological polar surface area (TPSA) is 72.9 Å². The molecule has 0 saturated carbocycles. The third-order valence-electron chi connectivity index (χ3n) is 4.87. The van der Waals surface area contributed by atoms with Gasteiger partial charge in [-0.3, -0.25) is 0 Å². The highest BCUT2D eigenvalue weighted by Gasteiger charge is 2.33. The van der Waals surface area contributed by atoms with Crippen LogP contribution in [-0.4, -0.2) is 37.6 Å². The molecule has 130 valence electrons. The highest BCUT2D eigenvalue weighted by molar-refractivity contribution is 5.76. The van der Waals surface area contributed by atoms with Crippen LogP contribution in [0.4, 0.5) is 5.82 Å². The molecule has 0 atom stereocenters. The van der Waals surface area contributed by atoms with E-state index in [0.29, 0.717) is 23.3 Å². The Bertz CT molecular complexity index is 1080. The van der Waals surface area contributed by atoms with Crippen molar-refractivity contribution in [1.82, 2.24) is 24.5 Å². The Hall–Kier alpha value is -3.22. The first-order valence-electron chi connectivity index (χ1n) is 8.61. The predicted molar refractivity (Wildman–Crippen MR) is 97.9 cm³/mol. The number of oxazole rings is 1. The first-order valence-corrected chi connectivity index (χ1v) is 8.61. The first kappa shape index (κ1) is 15.1. The molecule has 0 spiro atoms. The van der Waals surface area contributed by atoms with Gasteiger partial charge in [-0.05, 0) is 19.1 Å². The van der Waals surface area contributed by atoms with Crippen LogP contribution in [0.3, 0.4) is 0 Å². The van der Waals surface area contributed by atoms with Crippen molar-refractivity contribution in [2.24, 2.45) is 7.05 Å². The van der Waals surface area contributed by atoms with Gasteiger partial charge in [0.2, 0.25) is 5.89 Å². The Morgan fingerprint density at radius 3 is 2.73 bits per heavy atom. The number of imidazole rings is 1. The van der Waals surface area contributed by atoms with Gasteiger partial charge in [0.1, 0.15) is 29.4 Å². The normalized spacial score (nSPS) is 14.8. The number of aryl methyl sites for hydroxylation is 2. The molecule has 1 aromatic carbocycles. The van der Waals surface area contributed by atoms with Gasteiger partial charge in [-0.15, -0.1) is 0 Å². The second-order valence-corrected chi connectivity index (χ2v) is 6.62. The minimum absolute atomic E-state index is 0.396. The van der Waals surface area contributed by atoms with Crippen LogP contribution in [0.15, 0.2) is 47.2 Å². The molecule has 0 unspecified atom stereocenters. The van der Waals surface area contributed by atoms with Crippen LogP contribution in [0.2, 0.25) is 0 Å². The van der Waals surface area contributed by atoms with Crippen molar-refractivity contribution >= 4 is 16.9 Å². The molecule has 0 amide bonds. The zero-order valence-electron chi connectivity index (χ0n) is 14.6. The number of para-hydroxylation sites is 2. The largest absolute Gasteiger partial charge is 0.443 e. The van der Waals surface area contributed by atoms with E-state index in [-0.39, 0.29) is 0 Å².